The number of hydrogen-bond donors (Lipinski definition) is 0. The molecule has 0 aromatic heterocycles. The summed E-state index contributed by atoms with van der Waals surface area (Å²) >= 11 is 0. The largest absolute Gasteiger partial charge is 0.462 e. The van der Waals surface area contributed by atoms with Crippen molar-refractivity contribution in [2.75, 3.05) is 13.2 Å². The quantitative estimate of drug-likeness (QED) is 0.0261. The Morgan fingerprint density at radius 2 is 0.557 bits per heavy atom. The van der Waals surface area contributed by atoms with E-state index in [4.69, 9.17) is 14.2 Å². The molecular weight excluding hydrogens is 865 g/mol. The Labute approximate surface area is 433 Å². The number of esters is 3. The van der Waals surface area contributed by atoms with Gasteiger partial charge in [0.05, 0.1) is 0 Å². The van der Waals surface area contributed by atoms with E-state index in [-0.39, 0.29) is 31.1 Å². The topological polar surface area (TPSA) is 78.9 Å². The number of ether oxygens (including phenoxy) is 3. The van der Waals surface area contributed by atoms with Gasteiger partial charge in [-0.3, -0.25) is 14.4 Å². The molecule has 0 N–H and O–H groups in total. The summed E-state index contributed by atoms with van der Waals surface area (Å²) in [6, 6.07) is 0. The van der Waals surface area contributed by atoms with Crippen LogP contribution >= 0.6 is 0 Å². The molecule has 0 saturated heterocycles. The molecule has 0 amide bonds. The SMILES string of the molecule is CC/C=C\C/C=C\C/C=C\C/C=C\C/C=C\CCCCCCCCCCCCCC(=O)OCC(COC(=O)CCCCCCCCCCCCC)OC(=O)CCCCCCC/C=C\CCCCCCC. The number of hydrogen-bond acceptors (Lipinski definition) is 6. The summed E-state index contributed by atoms with van der Waals surface area (Å²) in [5, 5.41) is 0. The lowest BCUT2D eigenvalue weighted by atomic mass is 10.0. The number of carbonyl (C=O) groups is 3. The highest BCUT2D eigenvalue weighted by atomic mass is 16.6. The molecule has 0 aromatic carbocycles. The van der Waals surface area contributed by atoms with Gasteiger partial charge < -0.3 is 14.2 Å². The van der Waals surface area contributed by atoms with Crippen molar-refractivity contribution in [3.8, 4) is 0 Å². The van der Waals surface area contributed by atoms with E-state index in [1.54, 1.807) is 0 Å². The van der Waals surface area contributed by atoms with Crippen LogP contribution in [0.5, 0.6) is 0 Å². The van der Waals surface area contributed by atoms with Crippen molar-refractivity contribution >= 4 is 17.9 Å². The average Bonchev–Trinajstić information content (AvgIpc) is 3.36. The second-order valence-corrected chi connectivity index (χ2v) is 19.9. The van der Waals surface area contributed by atoms with E-state index >= 15 is 0 Å². The van der Waals surface area contributed by atoms with Gasteiger partial charge in [0.25, 0.3) is 0 Å². The van der Waals surface area contributed by atoms with Crippen molar-refractivity contribution in [1.29, 1.82) is 0 Å². The van der Waals surface area contributed by atoms with Crippen molar-refractivity contribution in [2.24, 2.45) is 0 Å². The zero-order valence-electron chi connectivity index (χ0n) is 46.3. The number of carbonyl (C=O) groups excluding carboxylic acids is 3. The maximum absolute atomic E-state index is 12.8. The molecule has 1 unspecified atom stereocenters. The van der Waals surface area contributed by atoms with Crippen molar-refractivity contribution in [3.05, 3.63) is 72.9 Å². The molecule has 0 fully saturated rings. The summed E-state index contributed by atoms with van der Waals surface area (Å²) in [5.74, 6) is -0.878. The van der Waals surface area contributed by atoms with Crippen LogP contribution in [0, 0.1) is 0 Å². The van der Waals surface area contributed by atoms with Crippen LogP contribution in [0.3, 0.4) is 0 Å². The molecule has 0 aliphatic heterocycles. The maximum atomic E-state index is 12.8. The first-order chi connectivity index (χ1) is 34.5. The maximum Gasteiger partial charge on any atom is 0.306 e. The van der Waals surface area contributed by atoms with Gasteiger partial charge in [0.15, 0.2) is 6.10 Å². The normalized spacial score (nSPS) is 12.6. The molecule has 6 nitrogen and oxygen atoms in total. The van der Waals surface area contributed by atoms with Crippen LogP contribution in [-0.4, -0.2) is 37.2 Å². The van der Waals surface area contributed by atoms with E-state index in [0.717, 1.165) is 103 Å². The Bertz CT molecular complexity index is 1310. The van der Waals surface area contributed by atoms with Gasteiger partial charge in [0.1, 0.15) is 13.2 Å². The lowest BCUT2D eigenvalue weighted by Gasteiger charge is -2.18. The molecule has 0 heterocycles. The number of allylic oxidation sites excluding steroid dienone is 12. The summed E-state index contributed by atoms with van der Waals surface area (Å²) in [7, 11) is 0. The molecule has 0 bridgehead atoms. The summed E-state index contributed by atoms with van der Waals surface area (Å²) in [6.07, 6.45) is 74.7. The van der Waals surface area contributed by atoms with Crippen LogP contribution in [0.1, 0.15) is 297 Å². The predicted molar refractivity (Wildman–Crippen MR) is 302 cm³/mol. The molecular formula is C64H112O6. The van der Waals surface area contributed by atoms with Gasteiger partial charge >= 0.3 is 17.9 Å². The van der Waals surface area contributed by atoms with Crippen LogP contribution in [0.2, 0.25) is 0 Å². The molecule has 0 rings (SSSR count). The minimum Gasteiger partial charge on any atom is -0.462 e. The highest BCUT2D eigenvalue weighted by Gasteiger charge is 2.19. The van der Waals surface area contributed by atoms with Crippen molar-refractivity contribution in [3.63, 3.8) is 0 Å². The molecule has 0 aliphatic carbocycles. The zero-order chi connectivity index (χ0) is 50.7. The lowest BCUT2D eigenvalue weighted by molar-refractivity contribution is -0.167. The molecule has 1 atom stereocenters. The molecule has 0 saturated carbocycles. The fourth-order valence-electron chi connectivity index (χ4n) is 8.47. The van der Waals surface area contributed by atoms with E-state index in [0.29, 0.717) is 19.3 Å². The number of unbranched alkanes of at least 4 members (excludes halogenated alkanes) is 31. The first kappa shape index (κ1) is 66.9. The molecule has 0 spiro atoms. The third-order valence-electron chi connectivity index (χ3n) is 12.9. The van der Waals surface area contributed by atoms with Crippen molar-refractivity contribution < 1.29 is 28.6 Å². The highest BCUT2D eigenvalue weighted by Crippen LogP contribution is 2.16. The summed E-state index contributed by atoms with van der Waals surface area (Å²) in [5.41, 5.74) is 0. The van der Waals surface area contributed by atoms with Crippen LogP contribution < -0.4 is 0 Å². The van der Waals surface area contributed by atoms with Crippen molar-refractivity contribution in [2.45, 2.75) is 303 Å². The predicted octanol–water partition coefficient (Wildman–Crippen LogP) is 20.2. The summed E-state index contributed by atoms with van der Waals surface area (Å²) in [6.45, 7) is 6.52. The van der Waals surface area contributed by atoms with Gasteiger partial charge in [-0.15, -0.1) is 0 Å². The second-order valence-electron chi connectivity index (χ2n) is 19.9. The van der Waals surface area contributed by atoms with Crippen molar-refractivity contribution in [1.82, 2.24) is 0 Å². The van der Waals surface area contributed by atoms with Gasteiger partial charge in [-0.1, -0.05) is 261 Å². The molecule has 404 valence electrons. The highest BCUT2D eigenvalue weighted by molar-refractivity contribution is 5.71. The first-order valence-electron chi connectivity index (χ1n) is 29.9. The van der Waals surface area contributed by atoms with Crippen LogP contribution in [0.25, 0.3) is 0 Å². The van der Waals surface area contributed by atoms with Gasteiger partial charge in [0, 0.05) is 19.3 Å². The molecule has 70 heavy (non-hydrogen) atoms. The Hall–Kier alpha value is -3.15. The Morgan fingerprint density at radius 1 is 0.300 bits per heavy atom. The molecule has 0 aromatic rings. The van der Waals surface area contributed by atoms with Gasteiger partial charge in [-0.2, -0.15) is 0 Å². The van der Waals surface area contributed by atoms with E-state index in [9.17, 15) is 14.4 Å². The van der Waals surface area contributed by atoms with Gasteiger partial charge in [-0.25, -0.2) is 0 Å². The molecule has 0 radical (unpaired) electrons. The van der Waals surface area contributed by atoms with E-state index < -0.39 is 6.10 Å². The van der Waals surface area contributed by atoms with Gasteiger partial charge in [0.2, 0.25) is 0 Å². The second kappa shape index (κ2) is 58.4. The smallest absolute Gasteiger partial charge is 0.306 e. The average molecular weight is 978 g/mol. The first-order valence-corrected chi connectivity index (χ1v) is 29.9. The fourth-order valence-corrected chi connectivity index (χ4v) is 8.47. The standard InChI is InChI=1S/C64H112O6/c1-4-7-10-13-16-19-22-24-26-27-28-29-30-31-32-33-34-35-36-37-38-40-42-45-48-51-54-57-63(66)69-60-61(59-68-62(65)56-53-50-47-44-41-21-18-15-12-9-6-3)70-64(67)58-55-52-49-46-43-39-25-23-20-17-14-11-8-5-2/h7,10,16,19,23-26,28-29,31-32,61H,4-6,8-9,11-15,17-18,20-22,27,30,33-60H2,1-3H3/b10-7-,19-16-,25-23-,26-24-,29-28-,32-31-. The van der Waals surface area contributed by atoms with Crippen LogP contribution in [0.4, 0.5) is 0 Å². The Kier molecular flexibility index (Phi) is 55.8. The van der Waals surface area contributed by atoms with E-state index in [1.807, 2.05) is 0 Å². The zero-order valence-corrected chi connectivity index (χ0v) is 46.3. The third kappa shape index (κ3) is 55.8. The summed E-state index contributed by atoms with van der Waals surface area (Å²) < 4.78 is 16.9. The Balaban J connectivity index is 4.23. The monoisotopic (exact) mass is 977 g/mol. The van der Waals surface area contributed by atoms with E-state index in [1.165, 1.54) is 154 Å². The van der Waals surface area contributed by atoms with E-state index in [2.05, 4.69) is 93.7 Å². The third-order valence-corrected chi connectivity index (χ3v) is 12.9. The minimum absolute atomic E-state index is 0.0761. The van der Waals surface area contributed by atoms with Gasteiger partial charge in [-0.05, 0) is 89.9 Å². The lowest BCUT2D eigenvalue weighted by Crippen LogP contribution is -2.30. The number of rotatable bonds is 54. The molecule has 6 heteroatoms. The fraction of sp³-hybridized carbons (Fsp3) is 0.766. The minimum atomic E-state index is -0.778. The van der Waals surface area contributed by atoms with Crippen LogP contribution in [-0.2, 0) is 28.6 Å². The Morgan fingerprint density at radius 3 is 0.886 bits per heavy atom. The molecule has 0 aliphatic rings. The van der Waals surface area contributed by atoms with Crippen LogP contribution in [0.15, 0.2) is 72.9 Å². The summed E-state index contributed by atoms with van der Waals surface area (Å²) in [4.78, 5) is 38.1.